The number of carbonyl (C=O) groups excluding carboxylic acids is 1. The van der Waals surface area contributed by atoms with Crippen LogP contribution in [0.25, 0.3) is 5.69 Å². The summed E-state index contributed by atoms with van der Waals surface area (Å²) in [5, 5.41) is 6.37. The van der Waals surface area contributed by atoms with E-state index in [0.29, 0.717) is 5.69 Å². The van der Waals surface area contributed by atoms with Crippen LogP contribution in [-0.2, 0) is 4.79 Å². The molecule has 0 saturated carbocycles. The first-order valence-corrected chi connectivity index (χ1v) is 6.44. The summed E-state index contributed by atoms with van der Waals surface area (Å²) in [5.74, 6) is -1.25. The van der Waals surface area contributed by atoms with E-state index in [4.69, 9.17) is 0 Å². The summed E-state index contributed by atoms with van der Waals surface area (Å²) < 4.78 is 51.3. The number of anilines is 1. The molecule has 0 aliphatic heterocycles. The van der Waals surface area contributed by atoms with Crippen LogP contribution in [-0.4, -0.2) is 21.9 Å². The quantitative estimate of drug-likeness (QED) is 0.876. The topological polar surface area (TPSA) is 46.9 Å². The van der Waals surface area contributed by atoms with E-state index in [-0.39, 0.29) is 11.5 Å². The highest BCUT2D eigenvalue weighted by Gasteiger charge is 2.28. The van der Waals surface area contributed by atoms with Gasteiger partial charge in [-0.3, -0.25) is 4.79 Å². The number of aromatic nitrogens is 2. The number of alkyl halides is 3. The summed E-state index contributed by atoms with van der Waals surface area (Å²) in [6.45, 7) is 1.63. The number of para-hydroxylation sites is 1. The van der Waals surface area contributed by atoms with Gasteiger partial charge in [0.15, 0.2) is 0 Å². The lowest BCUT2D eigenvalue weighted by molar-refractivity contribution is -0.142. The van der Waals surface area contributed by atoms with E-state index in [0.717, 1.165) is 4.68 Å². The normalized spacial score (nSPS) is 11.5. The van der Waals surface area contributed by atoms with E-state index < -0.39 is 30.7 Å². The van der Waals surface area contributed by atoms with Gasteiger partial charge in [-0.05, 0) is 19.1 Å². The molecule has 1 aromatic heterocycles. The summed E-state index contributed by atoms with van der Waals surface area (Å²) >= 11 is 0. The smallest absolute Gasteiger partial charge is 0.311 e. The van der Waals surface area contributed by atoms with Gasteiger partial charge in [0.2, 0.25) is 5.91 Å². The highest BCUT2D eigenvalue weighted by atomic mass is 19.4. The molecule has 0 spiro atoms. The molecule has 8 heteroatoms. The maximum absolute atomic E-state index is 13.8. The van der Waals surface area contributed by atoms with Crippen molar-refractivity contribution in [3.63, 3.8) is 0 Å². The van der Waals surface area contributed by atoms with Gasteiger partial charge in [0.25, 0.3) is 0 Å². The summed E-state index contributed by atoms with van der Waals surface area (Å²) in [7, 11) is 0. The van der Waals surface area contributed by atoms with E-state index in [9.17, 15) is 22.4 Å². The lowest BCUT2D eigenvalue weighted by Crippen LogP contribution is -2.18. The number of amides is 1. The van der Waals surface area contributed by atoms with Gasteiger partial charge in [-0.25, -0.2) is 9.07 Å². The van der Waals surface area contributed by atoms with Crippen molar-refractivity contribution >= 4 is 11.7 Å². The molecular formula is C14H13F4N3O. The van der Waals surface area contributed by atoms with E-state index in [2.05, 4.69) is 10.4 Å². The molecule has 0 bridgehead atoms. The maximum Gasteiger partial charge on any atom is 0.389 e. The number of nitrogens with one attached hydrogen (secondary N) is 1. The molecule has 0 saturated heterocycles. The van der Waals surface area contributed by atoms with Gasteiger partial charge < -0.3 is 5.32 Å². The number of halogens is 4. The Bertz CT molecular complexity index is 679. The molecule has 0 radical (unpaired) electrons. The first kappa shape index (κ1) is 16.0. The number of carbonyl (C=O) groups is 1. The zero-order chi connectivity index (χ0) is 16.3. The Labute approximate surface area is 123 Å². The molecule has 0 fully saturated rings. The van der Waals surface area contributed by atoms with E-state index in [1.807, 2.05) is 0 Å². The molecule has 2 aromatic rings. The predicted molar refractivity (Wildman–Crippen MR) is 72.2 cm³/mol. The fraction of sp³-hybridized carbons (Fsp3) is 0.286. The third kappa shape index (κ3) is 4.06. The molecule has 22 heavy (non-hydrogen) atoms. The summed E-state index contributed by atoms with van der Waals surface area (Å²) in [6, 6.07) is 7.22. The lowest BCUT2D eigenvalue weighted by Gasteiger charge is -2.10. The Balaban J connectivity index is 2.19. The molecular weight excluding hydrogens is 302 g/mol. The van der Waals surface area contributed by atoms with Crippen LogP contribution in [0.3, 0.4) is 0 Å². The van der Waals surface area contributed by atoms with Crippen LogP contribution in [0.2, 0.25) is 0 Å². The number of benzene rings is 1. The third-order valence-electron chi connectivity index (χ3n) is 2.82. The standard InChI is InChI=1S/C14H13F4N3O/c1-9-8-12(19-13(22)6-7-14(16,17)18)21(20-9)11-5-3-2-4-10(11)15/h2-5,8H,6-7H2,1H3,(H,19,22). The summed E-state index contributed by atoms with van der Waals surface area (Å²) in [6.07, 6.45) is -6.32. The summed E-state index contributed by atoms with van der Waals surface area (Å²) in [4.78, 5) is 11.6. The molecule has 0 unspecified atom stereocenters. The summed E-state index contributed by atoms with van der Waals surface area (Å²) in [5.41, 5.74) is 0.594. The second kappa shape index (κ2) is 6.17. The number of hydrogen-bond donors (Lipinski definition) is 1. The second-order valence-electron chi connectivity index (χ2n) is 4.70. The first-order chi connectivity index (χ1) is 10.3. The second-order valence-corrected chi connectivity index (χ2v) is 4.70. The monoisotopic (exact) mass is 315 g/mol. The minimum absolute atomic E-state index is 0.0988. The van der Waals surface area contributed by atoms with Crippen molar-refractivity contribution in [3.8, 4) is 5.69 Å². The van der Waals surface area contributed by atoms with Crippen LogP contribution in [0.1, 0.15) is 18.5 Å². The van der Waals surface area contributed by atoms with Gasteiger partial charge in [-0.15, -0.1) is 0 Å². The molecule has 1 amide bonds. The van der Waals surface area contributed by atoms with Gasteiger partial charge in [0.05, 0.1) is 12.1 Å². The molecule has 0 atom stereocenters. The van der Waals surface area contributed by atoms with Crippen LogP contribution in [0.15, 0.2) is 30.3 Å². The van der Waals surface area contributed by atoms with E-state index >= 15 is 0 Å². The van der Waals surface area contributed by atoms with E-state index in [1.165, 1.54) is 24.3 Å². The Morgan fingerprint density at radius 1 is 1.32 bits per heavy atom. The fourth-order valence-corrected chi connectivity index (χ4v) is 1.86. The van der Waals surface area contributed by atoms with Gasteiger partial charge in [-0.1, -0.05) is 12.1 Å². The highest BCUT2D eigenvalue weighted by molar-refractivity contribution is 5.90. The van der Waals surface area contributed by atoms with Crippen molar-refractivity contribution in [3.05, 3.63) is 41.8 Å². The van der Waals surface area contributed by atoms with Crippen LogP contribution in [0.4, 0.5) is 23.4 Å². The number of hydrogen-bond acceptors (Lipinski definition) is 2. The molecule has 0 aliphatic rings. The van der Waals surface area contributed by atoms with Crippen molar-refractivity contribution in [1.82, 2.24) is 9.78 Å². The zero-order valence-electron chi connectivity index (χ0n) is 11.6. The predicted octanol–water partition coefficient (Wildman–Crippen LogP) is 3.60. The van der Waals surface area contributed by atoms with Crippen LogP contribution in [0.5, 0.6) is 0 Å². The van der Waals surface area contributed by atoms with Crippen molar-refractivity contribution in [2.75, 3.05) is 5.32 Å². The molecule has 4 nitrogen and oxygen atoms in total. The Morgan fingerprint density at radius 2 is 2.00 bits per heavy atom. The number of aryl methyl sites for hydroxylation is 1. The molecule has 0 aliphatic carbocycles. The Morgan fingerprint density at radius 3 is 2.64 bits per heavy atom. The third-order valence-corrected chi connectivity index (χ3v) is 2.82. The van der Waals surface area contributed by atoms with Gasteiger partial charge >= 0.3 is 6.18 Å². The SMILES string of the molecule is Cc1cc(NC(=O)CCC(F)(F)F)n(-c2ccccc2F)n1. The minimum Gasteiger partial charge on any atom is -0.311 e. The zero-order valence-corrected chi connectivity index (χ0v) is 11.6. The largest absolute Gasteiger partial charge is 0.389 e. The van der Waals surface area contributed by atoms with Gasteiger partial charge in [-0.2, -0.15) is 18.3 Å². The molecule has 1 aromatic carbocycles. The maximum atomic E-state index is 13.8. The Kier molecular flexibility index (Phi) is 4.48. The molecule has 1 N–H and O–H groups in total. The number of nitrogens with zero attached hydrogens (tertiary/aromatic N) is 2. The van der Waals surface area contributed by atoms with Crippen LogP contribution >= 0.6 is 0 Å². The highest BCUT2D eigenvalue weighted by Crippen LogP contribution is 2.23. The molecule has 1 heterocycles. The van der Waals surface area contributed by atoms with Crippen molar-refractivity contribution in [2.24, 2.45) is 0 Å². The van der Waals surface area contributed by atoms with Gasteiger partial charge in [0.1, 0.15) is 17.3 Å². The van der Waals surface area contributed by atoms with Crippen molar-refractivity contribution in [2.45, 2.75) is 25.9 Å². The average molecular weight is 315 g/mol. The molecule has 118 valence electrons. The minimum atomic E-state index is -4.40. The van der Waals surface area contributed by atoms with Crippen molar-refractivity contribution < 1.29 is 22.4 Å². The fourth-order valence-electron chi connectivity index (χ4n) is 1.86. The van der Waals surface area contributed by atoms with E-state index in [1.54, 1.807) is 13.0 Å². The lowest BCUT2D eigenvalue weighted by atomic mass is 10.3. The van der Waals surface area contributed by atoms with Gasteiger partial charge in [0, 0.05) is 12.5 Å². The first-order valence-electron chi connectivity index (χ1n) is 6.44. The van der Waals surface area contributed by atoms with Crippen LogP contribution < -0.4 is 5.32 Å². The van der Waals surface area contributed by atoms with Crippen LogP contribution in [0, 0.1) is 12.7 Å². The average Bonchev–Trinajstić information content (AvgIpc) is 2.77. The number of rotatable bonds is 4. The Hall–Kier alpha value is -2.38. The molecule has 2 rings (SSSR count). The van der Waals surface area contributed by atoms with Crippen molar-refractivity contribution in [1.29, 1.82) is 0 Å².